The van der Waals surface area contributed by atoms with Crippen LogP contribution in [-0.4, -0.2) is 39.0 Å². The standard InChI is InChI=1S/C21H25N3O6S/c1-13(2)24-31(28,29)17-10-8-16(9-11-17)20(26)30-12-19(25)23-21(27)22-18-7-5-6-14(3)15(18)4/h5-11,13,24H,12H2,1-4H3,(H2,22,23,25,27). The molecule has 166 valence electrons. The molecule has 0 aliphatic rings. The van der Waals surface area contributed by atoms with Gasteiger partial charge in [-0.3, -0.25) is 10.1 Å². The Balaban J connectivity index is 1.88. The minimum atomic E-state index is -3.68. The fraction of sp³-hybridized carbons (Fsp3) is 0.286. The van der Waals surface area contributed by atoms with E-state index in [0.29, 0.717) is 5.69 Å². The molecule has 3 N–H and O–H groups in total. The molecule has 0 saturated carbocycles. The summed E-state index contributed by atoms with van der Waals surface area (Å²) >= 11 is 0. The zero-order chi connectivity index (χ0) is 23.2. The van der Waals surface area contributed by atoms with Crippen molar-refractivity contribution in [2.45, 2.75) is 38.6 Å². The monoisotopic (exact) mass is 447 g/mol. The van der Waals surface area contributed by atoms with Gasteiger partial charge in [-0.2, -0.15) is 0 Å². The van der Waals surface area contributed by atoms with Crippen LogP contribution in [0.5, 0.6) is 0 Å². The fourth-order valence-corrected chi connectivity index (χ4v) is 3.82. The molecule has 0 fully saturated rings. The highest BCUT2D eigenvalue weighted by atomic mass is 32.2. The van der Waals surface area contributed by atoms with Crippen LogP contribution < -0.4 is 15.4 Å². The molecule has 0 aliphatic heterocycles. The van der Waals surface area contributed by atoms with E-state index in [1.165, 1.54) is 24.3 Å². The number of amides is 3. The Bertz CT molecular complexity index is 1080. The second-order valence-corrected chi connectivity index (χ2v) is 8.84. The van der Waals surface area contributed by atoms with E-state index >= 15 is 0 Å². The van der Waals surface area contributed by atoms with E-state index in [-0.39, 0.29) is 16.5 Å². The van der Waals surface area contributed by atoms with Crippen molar-refractivity contribution in [3.05, 3.63) is 59.2 Å². The number of aryl methyl sites for hydroxylation is 1. The molecule has 2 aromatic carbocycles. The quantitative estimate of drug-likeness (QED) is 0.559. The van der Waals surface area contributed by atoms with Gasteiger partial charge in [-0.25, -0.2) is 22.7 Å². The highest BCUT2D eigenvalue weighted by molar-refractivity contribution is 7.89. The van der Waals surface area contributed by atoms with Crippen LogP contribution in [0, 0.1) is 13.8 Å². The number of anilines is 1. The second kappa shape index (κ2) is 10.2. The smallest absolute Gasteiger partial charge is 0.338 e. The molecule has 0 radical (unpaired) electrons. The molecule has 0 unspecified atom stereocenters. The van der Waals surface area contributed by atoms with Gasteiger partial charge >= 0.3 is 12.0 Å². The fourth-order valence-electron chi connectivity index (χ4n) is 2.57. The van der Waals surface area contributed by atoms with Gasteiger partial charge in [-0.15, -0.1) is 0 Å². The highest BCUT2D eigenvalue weighted by Gasteiger charge is 2.17. The summed E-state index contributed by atoms with van der Waals surface area (Å²) in [6.07, 6.45) is 0. The van der Waals surface area contributed by atoms with Crippen LogP contribution in [0.4, 0.5) is 10.5 Å². The molecule has 2 aromatic rings. The summed E-state index contributed by atoms with van der Waals surface area (Å²) < 4.78 is 31.5. The van der Waals surface area contributed by atoms with Gasteiger partial charge in [-0.05, 0) is 69.2 Å². The molecule has 0 heterocycles. The predicted molar refractivity (Wildman–Crippen MR) is 115 cm³/mol. The van der Waals surface area contributed by atoms with E-state index in [1.807, 2.05) is 19.9 Å². The highest BCUT2D eigenvalue weighted by Crippen LogP contribution is 2.17. The Hall–Kier alpha value is -3.24. The number of esters is 1. The summed E-state index contributed by atoms with van der Waals surface area (Å²) in [7, 11) is -3.68. The van der Waals surface area contributed by atoms with Crippen LogP contribution in [-0.2, 0) is 19.6 Å². The third-order valence-corrected chi connectivity index (χ3v) is 5.91. The summed E-state index contributed by atoms with van der Waals surface area (Å²) in [5, 5.41) is 4.64. The maximum absolute atomic E-state index is 12.1. The number of hydrogen-bond donors (Lipinski definition) is 3. The van der Waals surface area contributed by atoms with Crippen LogP contribution in [0.25, 0.3) is 0 Å². The number of carbonyl (C=O) groups is 3. The van der Waals surface area contributed by atoms with Crippen LogP contribution in [0.3, 0.4) is 0 Å². The van der Waals surface area contributed by atoms with Gasteiger partial charge in [0.05, 0.1) is 10.5 Å². The molecule has 0 aromatic heterocycles. The Labute approximate surface area is 181 Å². The Morgan fingerprint density at radius 3 is 2.26 bits per heavy atom. The van der Waals surface area contributed by atoms with Gasteiger partial charge in [0.25, 0.3) is 5.91 Å². The lowest BCUT2D eigenvalue weighted by atomic mass is 10.1. The number of sulfonamides is 1. The Morgan fingerprint density at radius 2 is 1.65 bits per heavy atom. The van der Waals surface area contributed by atoms with Crippen molar-refractivity contribution in [1.82, 2.24) is 10.0 Å². The average molecular weight is 448 g/mol. The van der Waals surface area contributed by atoms with Gasteiger partial charge in [0.15, 0.2) is 6.61 Å². The van der Waals surface area contributed by atoms with Crippen LogP contribution in [0.2, 0.25) is 0 Å². The van der Waals surface area contributed by atoms with Crippen molar-refractivity contribution >= 4 is 33.6 Å². The number of rotatable bonds is 7. The van der Waals surface area contributed by atoms with Gasteiger partial charge < -0.3 is 10.1 Å². The van der Waals surface area contributed by atoms with E-state index in [0.717, 1.165) is 11.1 Å². The first kappa shape index (κ1) is 24.0. The normalized spacial score (nSPS) is 11.1. The first-order valence-electron chi connectivity index (χ1n) is 9.46. The van der Waals surface area contributed by atoms with Crippen molar-refractivity contribution in [2.24, 2.45) is 0 Å². The SMILES string of the molecule is Cc1cccc(NC(=O)NC(=O)COC(=O)c2ccc(S(=O)(=O)NC(C)C)cc2)c1C. The van der Waals surface area contributed by atoms with Crippen LogP contribution >= 0.6 is 0 Å². The maximum atomic E-state index is 12.1. The van der Waals surface area contributed by atoms with Crippen molar-refractivity contribution in [3.8, 4) is 0 Å². The number of nitrogens with one attached hydrogen (secondary N) is 3. The Morgan fingerprint density at radius 1 is 1.00 bits per heavy atom. The molecular weight excluding hydrogens is 422 g/mol. The summed E-state index contributed by atoms with van der Waals surface area (Å²) in [5.41, 5.74) is 2.47. The van der Waals surface area contributed by atoms with Gasteiger partial charge in [0.1, 0.15) is 0 Å². The molecule has 3 amide bonds. The summed E-state index contributed by atoms with van der Waals surface area (Å²) in [4.78, 5) is 35.9. The first-order chi connectivity index (χ1) is 14.5. The van der Waals surface area contributed by atoms with Crippen molar-refractivity contribution in [3.63, 3.8) is 0 Å². The third kappa shape index (κ3) is 6.90. The largest absolute Gasteiger partial charge is 0.452 e. The van der Waals surface area contributed by atoms with Crippen molar-refractivity contribution in [1.29, 1.82) is 0 Å². The molecule has 31 heavy (non-hydrogen) atoms. The van der Waals surface area contributed by atoms with Crippen LogP contribution in [0.1, 0.15) is 35.3 Å². The minimum absolute atomic E-state index is 0.00129. The molecular formula is C21H25N3O6S. The summed E-state index contributed by atoms with van der Waals surface area (Å²) in [5.74, 6) is -1.64. The van der Waals surface area contributed by atoms with Crippen LogP contribution in [0.15, 0.2) is 47.4 Å². The van der Waals surface area contributed by atoms with Gasteiger partial charge in [-0.1, -0.05) is 12.1 Å². The second-order valence-electron chi connectivity index (χ2n) is 7.13. The first-order valence-corrected chi connectivity index (χ1v) is 10.9. The molecule has 0 spiro atoms. The van der Waals surface area contributed by atoms with E-state index in [9.17, 15) is 22.8 Å². The van der Waals surface area contributed by atoms with Gasteiger partial charge in [0, 0.05) is 11.7 Å². The predicted octanol–water partition coefficient (Wildman–Crippen LogP) is 2.50. The molecule has 0 bridgehead atoms. The molecule has 10 heteroatoms. The lowest BCUT2D eigenvalue weighted by Crippen LogP contribution is -2.37. The molecule has 0 aliphatic carbocycles. The van der Waals surface area contributed by atoms with Crippen molar-refractivity contribution in [2.75, 3.05) is 11.9 Å². The van der Waals surface area contributed by atoms with E-state index in [1.54, 1.807) is 26.0 Å². The summed E-state index contributed by atoms with van der Waals surface area (Å²) in [6.45, 7) is 6.44. The lowest BCUT2D eigenvalue weighted by molar-refractivity contribution is -0.123. The topological polar surface area (TPSA) is 131 Å². The molecule has 0 saturated heterocycles. The number of ether oxygens (including phenoxy) is 1. The summed E-state index contributed by atoms with van der Waals surface area (Å²) in [6, 6.07) is 9.43. The number of hydrogen-bond acceptors (Lipinski definition) is 6. The molecule has 9 nitrogen and oxygen atoms in total. The molecule has 0 atom stereocenters. The lowest BCUT2D eigenvalue weighted by Gasteiger charge is -2.11. The van der Waals surface area contributed by atoms with E-state index in [4.69, 9.17) is 4.74 Å². The van der Waals surface area contributed by atoms with E-state index < -0.39 is 34.5 Å². The van der Waals surface area contributed by atoms with Crippen molar-refractivity contribution < 1.29 is 27.5 Å². The number of urea groups is 1. The zero-order valence-electron chi connectivity index (χ0n) is 17.7. The van der Waals surface area contributed by atoms with Gasteiger partial charge in [0.2, 0.25) is 10.0 Å². The number of benzene rings is 2. The maximum Gasteiger partial charge on any atom is 0.338 e. The number of carbonyl (C=O) groups excluding carboxylic acids is 3. The molecule has 2 rings (SSSR count). The van der Waals surface area contributed by atoms with E-state index in [2.05, 4.69) is 15.4 Å². The average Bonchev–Trinajstić information content (AvgIpc) is 2.68. The zero-order valence-corrected chi connectivity index (χ0v) is 18.5. The minimum Gasteiger partial charge on any atom is -0.452 e. The Kier molecular flexibility index (Phi) is 7.89. The third-order valence-electron chi connectivity index (χ3n) is 4.23. The number of imide groups is 1.